The molecule has 0 amide bonds. The van der Waals surface area contributed by atoms with Crippen LogP contribution in [0.3, 0.4) is 0 Å². The SMILES string of the molecule is N#CC(C#N)=CNc1ccc(F)c(C(F)F)c1F. The lowest BCUT2D eigenvalue weighted by atomic mass is 10.1. The third-order valence-electron chi connectivity index (χ3n) is 1.96. The first-order chi connectivity index (χ1) is 8.51. The molecule has 0 unspecified atom stereocenters. The molecule has 0 aliphatic rings. The van der Waals surface area contributed by atoms with E-state index >= 15 is 0 Å². The number of hydrogen-bond donors (Lipinski definition) is 1. The molecule has 7 heteroatoms. The van der Waals surface area contributed by atoms with E-state index in [1.165, 1.54) is 12.1 Å². The molecule has 0 saturated carbocycles. The van der Waals surface area contributed by atoms with E-state index in [4.69, 9.17) is 10.5 Å². The summed E-state index contributed by atoms with van der Waals surface area (Å²) in [6.45, 7) is 0. The molecule has 1 rings (SSSR count). The van der Waals surface area contributed by atoms with Crippen molar-refractivity contribution in [2.24, 2.45) is 0 Å². The highest BCUT2D eigenvalue weighted by Gasteiger charge is 2.21. The fraction of sp³-hybridized carbons (Fsp3) is 0.0909. The van der Waals surface area contributed by atoms with Gasteiger partial charge in [0.2, 0.25) is 0 Å². The molecule has 0 atom stereocenters. The molecule has 0 aliphatic heterocycles. The van der Waals surface area contributed by atoms with Gasteiger partial charge in [-0.15, -0.1) is 0 Å². The molecule has 0 aliphatic carbocycles. The number of anilines is 1. The summed E-state index contributed by atoms with van der Waals surface area (Å²) in [7, 11) is 0. The number of alkyl halides is 2. The van der Waals surface area contributed by atoms with Gasteiger partial charge in [0, 0.05) is 6.20 Å². The standard InChI is InChI=1S/C11H5F4N3/c12-7-1-2-8(10(13)9(7)11(14)15)18-5-6(3-16)4-17/h1-2,5,11,18H. The summed E-state index contributed by atoms with van der Waals surface area (Å²) in [6.07, 6.45) is -2.46. The van der Waals surface area contributed by atoms with Gasteiger partial charge in [0.15, 0.2) is 5.82 Å². The molecule has 0 aromatic heterocycles. The first-order valence-electron chi connectivity index (χ1n) is 4.54. The van der Waals surface area contributed by atoms with Crippen LogP contribution >= 0.6 is 0 Å². The molecule has 18 heavy (non-hydrogen) atoms. The molecular formula is C11H5F4N3. The van der Waals surface area contributed by atoms with Gasteiger partial charge in [-0.2, -0.15) is 10.5 Å². The summed E-state index contributed by atoms with van der Waals surface area (Å²) in [5, 5.41) is 19.0. The Bertz CT molecular complexity index is 551. The van der Waals surface area contributed by atoms with Crippen molar-refractivity contribution in [3.63, 3.8) is 0 Å². The van der Waals surface area contributed by atoms with Gasteiger partial charge < -0.3 is 5.32 Å². The lowest BCUT2D eigenvalue weighted by molar-refractivity contribution is 0.141. The van der Waals surface area contributed by atoms with E-state index < -0.39 is 29.3 Å². The minimum atomic E-state index is -3.30. The Balaban J connectivity index is 3.15. The molecular weight excluding hydrogens is 250 g/mol. The lowest BCUT2D eigenvalue weighted by Gasteiger charge is -2.08. The van der Waals surface area contributed by atoms with Crippen molar-refractivity contribution in [1.82, 2.24) is 0 Å². The summed E-state index contributed by atoms with van der Waals surface area (Å²) in [4.78, 5) is 0. The summed E-state index contributed by atoms with van der Waals surface area (Å²) in [5.41, 5.74) is -2.18. The molecule has 1 aromatic rings. The Morgan fingerprint density at radius 2 is 1.83 bits per heavy atom. The average molecular weight is 255 g/mol. The number of nitrogens with zero attached hydrogens (tertiary/aromatic N) is 2. The molecule has 0 radical (unpaired) electrons. The van der Waals surface area contributed by atoms with Gasteiger partial charge in [0.1, 0.15) is 23.5 Å². The zero-order chi connectivity index (χ0) is 13.7. The van der Waals surface area contributed by atoms with Crippen molar-refractivity contribution < 1.29 is 17.6 Å². The van der Waals surface area contributed by atoms with Gasteiger partial charge >= 0.3 is 0 Å². The van der Waals surface area contributed by atoms with Gasteiger partial charge in [0.25, 0.3) is 6.43 Å². The van der Waals surface area contributed by atoms with Crippen LogP contribution in [0, 0.1) is 34.3 Å². The van der Waals surface area contributed by atoms with Crippen LogP contribution in [0.25, 0.3) is 0 Å². The van der Waals surface area contributed by atoms with Crippen LogP contribution in [0.5, 0.6) is 0 Å². The van der Waals surface area contributed by atoms with E-state index in [-0.39, 0.29) is 5.57 Å². The summed E-state index contributed by atoms with van der Waals surface area (Å²) >= 11 is 0. The van der Waals surface area contributed by atoms with Crippen LogP contribution in [0.4, 0.5) is 23.2 Å². The second kappa shape index (κ2) is 5.69. The maximum atomic E-state index is 13.5. The number of halogens is 4. The van der Waals surface area contributed by atoms with E-state index in [9.17, 15) is 17.6 Å². The minimum Gasteiger partial charge on any atom is -0.357 e. The van der Waals surface area contributed by atoms with E-state index in [0.717, 1.165) is 12.3 Å². The Hall–Kier alpha value is -2.54. The largest absolute Gasteiger partial charge is 0.357 e. The van der Waals surface area contributed by atoms with E-state index in [0.29, 0.717) is 6.07 Å². The van der Waals surface area contributed by atoms with Crippen molar-refractivity contribution in [3.05, 3.63) is 41.1 Å². The first kappa shape index (κ1) is 13.5. The van der Waals surface area contributed by atoms with Gasteiger partial charge in [-0.1, -0.05) is 0 Å². The Labute approximate surface area is 99.6 Å². The van der Waals surface area contributed by atoms with Crippen LogP contribution in [-0.4, -0.2) is 0 Å². The first-order valence-corrected chi connectivity index (χ1v) is 4.54. The normalized spacial score (nSPS) is 9.50. The summed E-state index contributed by atoms with van der Waals surface area (Å²) < 4.78 is 51.2. The Morgan fingerprint density at radius 3 is 2.33 bits per heavy atom. The maximum Gasteiger partial charge on any atom is 0.269 e. The fourth-order valence-electron chi connectivity index (χ4n) is 1.12. The predicted octanol–water partition coefficient (Wildman–Crippen LogP) is 3.25. The average Bonchev–Trinajstić information content (AvgIpc) is 2.32. The number of nitriles is 2. The van der Waals surface area contributed by atoms with E-state index in [1.807, 2.05) is 0 Å². The van der Waals surface area contributed by atoms with Crippen molar-refractivity contribution in [2.75, 3.05) is 5.32 Å². The molecule has 0 fully saturated rings. The number of nitrogens with one attached hydrogen (secondary N) is 1. The quantitative estimate of drug-likeness (QED) is 0.666. The van der Waals surface area contributed by atoms with Crippen LogP contribution in [0.15, 0.2) is 23.9 Å². The van der Waals surface area contributed by atoms with Gasteiger partial charge in [0.05, 0.1) is 11.3 Å². The number of benzene rings is 1. The molecule has 0 spiro atoms. The highest BCUT2D eigenvalue weighted by molar-refractivity contribution is 5.52. The fourth-order valence-corrected chi connectivity index (χ4v) is 1.12. The van der Waals surface area contributed by atoms with E-state index in [2.05, 4.69) is 5.32 Å². The van der Waals surface area contributed by atoms with Gasteiger partial charge in [-0.05, 0) is 12.1 Å². The lowest BCUT2D eigenvalue weighted by Crippen LogP contribution is -2.01. The molecule has 0 heterocycles. The smallest absolute Gasteiger partial charge is 0.269 e. The second-order valence-corrected chi connectivity index (χ2v) is 3.05. The minimum absolute atomic E-state index is 0.377. The van der Waals surface area contributed by atoms with Crippen molar-refractivity contribution >= 4 is 5.69 Å². The highest BCUT2D eigenvalue weighted by Crippen LogP contribution is 2.29. The Kier molecular flexibility index (Phi) is 4.27. The van der Waals surface area contributed by atoms with Crippen molar-refractivity contribution in [2.45, 2.75) is 6.43 Å². The number of allylic oxidation sites excluding steroid dienone is 1. The van der Waals surface area contributed by atoms with Crippen LogP contribution in [0.2, 0.25) is 0 Å². The number of rotatable bonds is 3. The third-order valence-corrected chi connectivity index (χ3v) is 1.96. The topological polar surface area (TPSA) is 59.6 Å². The summed E-state index contributed by atoms with van der Waals surface area (Å²) in [5.74, 6) is -2.82. The van der Waals surface area contributed by atoms with Crippen molar-refractivity contribution in [1.29, 1.82) is 10.5 Å². The Morgan fingerprint density at radius 1 is 1.22 bits per heavy atom. The molecule has 0 bridgehead atoms. The molecule has 1 aromatic carbocycles. The predicted molar refractivity (Wildman–Crippen MR) is 54.2 cm³/mol. The molecule has 1 N–H and O–H groups in total. The molecule has 92 valence electrons. The zero-order valence-electron chi connectivity index (χ0n) is 8.72. The van der Waals surface area contributed by atoms with Crippen LogP contribution < -0.4 is 5.32 Å². The van der Waals surface area contributed by atoms with Gasteiger partial charge in [-0.3, -0.25) is 0 Å². The monoisotopic (exact) mass is 255 g/mol. The third kappa shape index (κ3) is 2.77. The van der Waals surface area contributed by atoms with Crippen LogP contribution in [0.1, 0.15) is 12.0 Å². The van der Waals surface area contributed by atoms with Gasteiger partial charge in [-0.25, -0.2) is 17.6 Å². The highest BCUT2D eigenvalue weighted by atomic mass is 19.3. The molecule has 0 saturated heterocycles. The zero-order valence-corrected chi connectivity index (χ0v) is 8.72. The summed E-state index contributed by atoms with van der Waals surface area (Å²) in [6, 6.07) is 4.52. The molecule has 3 nitrogen and oxygen atoms in total. The number of hydrogen-bond acceptors (Lipinski definition) is 3. The van der Waals surface area contributed by atoms with Crippen molar-refractivity contribution in [3.8, 4) is 12.1 Å². The second-order valence-electron chi connectivity index (χ2n) is 3.05. The van der Waals surface area contributed by atoms with E-state index in [1.54, 1.807) is 0 Å². The van der Waals surface area contributed by atoms with Crippen LogP contribution in [-0.2, 0) is 0 Å². The maximum absolute atomic E-state index is 13.5.